The van der Waals surface area contributed by atoms with Crippen LogP contribution in [0.3, 0.4) is 0 Å². The quantitative estimate of drug-likeness (QED) is 0.360. The first kappa shape index (κ1) is 25.7. The van der Waals surface area contributed by atoms with Gasteiger partial charge in [-0.05, 0) is 61.4 Å². The monoisotopic (exact) mass is 531 g/mol. The minimum atomic E-state index is -0.425. The second kappa shape index (κ2) is 11.6. The standard InChI is InChI=1S/C26H27Cl2N3O5/c1-3-10-30(26(33)29-22-8-6-19(27)12-21(22)28)15-25(32)31(14-20-7-4-17(2)36-20)13-18-5-9-23-24(11-18)35-16-34-23/h4-9,11-12H,3,10,13-16H2,1-2H3,(H,29,33). The molecule has 0 atom stereocenters. The molecule has 190 valence electrons. The number of hydrogen-bond acceptors (Lipinski definition) is 5. The van der Waals surface area contributed by atoms with Crippen LogP contribution in [0, 0.1) is 6.92 Å². The number of fused-ring (bicyclic) bond motifs is 1. The van der Waals surface area contributed by atoms with E-state index in [0.717, 1.165) is 11.3 Å². The van der Waals surface area contributed by atoms with Crippen LogP contribution in [0.5, 0.6) is 11.5 Å². The Balaban J connectivity index is 1.51. The van der Waals surface area contributed by atoms with Gasteiger partial charge in [-0.3, -0.25) is 4.79 Å². The third kappa shape index (κ3) is 6.44. The molecule has 1 aliphatic rings. The maximum atomic E-state index is 13.5. The van der Waals surface area contributed by atoms with Crippen LogP contribution in [0.25, 0.3) is 0 Å². The van der Waals surface area contributed by atoms with E-state index in [9.17, 15) is 9.59 Å². The molecule has 2 heterocycles. The van der Waals surface area contributed by atoms with E-state index in [4.69, 9.17) is 37.1 Å². The average Bonchev–Trinajstić information content (AvgIpc) is 3.48. The summed E-state index contributed by atoms with van der Waals surface area (Å²) in [6.07, 6.45) is 0.675. The second-order valence-electron chi connectivity index (χ2n) is 8.43. The Morgan fingerprint density at radius 3 is 2.50 bits per heavy atom. The Hall–Kier alpha value is -3.36. The Kier molecular flexibility index (Phi) is 8.28. The molecular weight excluding hydrogens is 505 g/mol. The summed E-state index contributed by atoms with van der Waals surface area (Å²) in [5, 5.41) is 3.55. The molecule has 0 spiro atoms. The third-order valence-electron chi connectivity index (χ3n) is 5.59. The molecule has 0 fully saturated rings. The first-order valence-corrected chi connectivity index (χ1v) is 12.3. The third-order valence-corrected chi connectivity index (χ3v) is 6.13. The normalized spacial score (nSPS) is 11.9. The average molecular weight is 532 g/mol. The smallest absolute Gasteiger partial charge is 0.322 e. The minimum absolute atomic E-state index is 0.116. The van der Waals surface area contributed by atoms with E-state index < -0.39 is 6.03 Å². The van der Waals surface area contributed by atoms with Gasteiger partial charge in [0, 0.05) is 18.1 Å². The van der Waals surface area contributed by atoms with Crippen LogP contribution in [-0.4, -0.2) is 41.6 Å². The number of carbonyl (C=O) groups is 2. The summed E-state index contributed by atoms with van der Waals surface area (Å²) in [5.41, 5.74) is 1.29. The molecule has 4 rings (SSSR count). The molecule has 0 bridgehead atoms. The number of ether oxygens (including phenoxy) is 2. The van der Waals surface area contributed by atoms with Gasteiger partial charge in [0.05, 0.1) is 17.3 Å². The van der Waals surface area contributed by atoms with Gasteiger partial charge in [0.15, 0.2) is 11.5 Å². The number of benzene rings is 2. The number of nitrogens with zero attached hydrogens (tertiary/aromatic N) is 2. The van der Waals surface area contributed by atoms with E-state index in [1.165, 1.54) is 4.90 Å². The topological polar surface area (TPSA) is 84.2 Å². The Morgan fingerprint density at radius 1 is 0.972 bits per heavy atom. The molecule has 3 amide bonds. The predicted octanol–water partition coefficient (Wildman–Crippen LogP) is 6.10. The van der Waals surface area contributed by atoms with Crippen molar-refractivity contribution in [2.45, 2.75) is 33.4 Å². The molecule has 0 aliphatic carbocycles. The summed E-state index contributed by atoms with van der Waals surface area (Å²) in [5.74, 6) is 2.49. The molecule has 0 saturated heterocycles. The molecule has 1 aromatic heterocycles. The number of urea groups is 1. The second-order valence-corrected chi connectivity index (χ2v) is 9.27. The molecule has 2 aromatic carbocycles. The first-order valence-electron chi connectivity index (χ1n) is 11.5. The van der Waals surface area contributed by atoms with Crippen molar-refractivity contribution in [3.63, 3.8) is 0 Å². The molecule has 0 unspecified atom stereocenters. The summed E-state index contributed by atoms with van der Waals surface area (Å²) >= 11 is 12.2. The van der Waals surface area contributed by atoms with Crippen LogP contribution < -0.4 is 14.8 Å². The molecule has 1 aliphatic heterocycles. The van der Waals surface area contributed by atoms with E-state index >= 15 is 0 Å². The van der Waals surface area contributed by atoms with Crippen LogP contribution >= 0.6 is 23.2 Å². The van der Waals surface area contributed by atoms with Gasteiger partial charge < -0.3 is 29.0 Å². The summed E-state index contributed by atoms with van der Waals surface area (Å²) in [6.45, 7) is 4.80. The Bertz CT molecular complexity index is 1250. The van der Waals surface area contributed by atoms with Crippen LogP contribution in [-0.2, 0) is 17.9 Å². The Morgan fingerprint density at radius 2 is 1.78 bits per heavy atom. The van der Waals surface area contributed by atoms with Crippen LogP contribution in [0.4, 0.5) is 10.5 Å². The first-order chi connectivity index (χ1) is 17.3. The fraction of sp³-hybridized carbons (Fsp3) is 0.308. The van der Waals surface area contributed by atoms with Crippen molar-refractivity contribution in [3.05, 3.63) is 75.7 Å². The van der Waals surface area contributed by atoms with Gasteiger partial charge in [-0.1, -0.05) is 36.2 Å². The van der Waals surface area contributed by atoms with Crippen LogP contribution in [0.2, 0.25) is 10.0 Å². The number of amides is 3. The van der Waals surface area contributed by atoms with Gasteiger partial charge in [0.25, 0.3) is 0 Å². The summed E-state index contributed by atoms with van der Waals surface area (Å²) in [4.78, 5) is 29.7. The van der Waals surface area contributed by atoms with Crippen molar-refractivity contribution in [1.29, 1.82) is 0 Å². The van der Waals surface area contributed by atoms with Crippen LogP contribution in [0.1, 0.15) is 30.4 Å². The molecule has 3 aromatic rings. The molecular formula is C26H27Cl2N3O5. The predicted molar refractivity (Wildman–Crippen MR) is 138 cm³/mol. The lowest BCUT2D eigenvalue weighted by Crippen LogP contribution is -2.44. The Labute approximate surface area is 219 Å². The van der Waals surface area contributed by atoms with Crippen molar-refractivity contribution < 1.29 is 23.5 Å². The van der Waals surface area contributed by atoms with Crippen molar-refractivity contribution in [1.82, 2.24) is 9.80 Å². The lowest BCUT2D eigenvalue weighted by molar-refractivity contribution is -0.133. The molecule has 1 N–H and O–H groups in total. The van der Waals surface area contributed by atoms with E-state index in [-0.39, 0.29) is 25.8 Å². The molecule has 10 heteroatoms. The molecule has 0 saturated carbocycles. The fourth-order valence-electron chi connectivity index (χ4n) is 3.82. The summed E-state index contributed by atoms with van der Waals surface area (Å²) in [6, 6.07) is 13.6. The van der Waals surface area contributed by atoms with Crippen LogP contribution in [0.15, 0.2) is 52.9 Å². The van der Waals surface area contributed by atoms with Gasteiger partial charge in [-0.25, -0.2) is 4.79 Å². The van der Waals surface area contributed by atoms with E-state index in [0.29, 0.717) is 52.5 Å². The lowest BCUT2D eigenvalue weighted by Gasteiger charge is -2.27. The fourth-order valence-corrected chi connectivity index (χ4v) is 4.28. The van der Waals surface area contributed by atoms with E-state index in [1.807, 2.05) is 44.2 Å². The number of nitrogens with one attached hydrogen (secondary N) is 1. The number of carbonyl (C=O) groups excluding carboxylic acids is 2. The van der Waals surface area contributed by atoms with Gasteiger partial charge in [0.2, 0.25) is 12.7 Å². The van der Waals surface area contributed by atoms with Gasteiger partial charge in [-0.15, -0.1) is 0 Å². The zero-order valence-corrected chi connectivity index (χ0v) is 21.6. The highest BCUT2D eigenvalue weighted by Crippen LogP contribution is 2.33. The summed E-state index contributed by atoms with van der Waals surface area (Å²) < 4.78 is 16.6. The number of rotatable bonds is 9. The highest BCUT2D eigenvalue weighted by atomic mass is 35.5. The van der Waals surface area contributed by atoms with Gasteiger partial charge in [-0.2, -0.15) is 0 Å². The molecule has 36 heavy (non-hydrogen) atoms. The van der Waals surface area contributed by atoms with E-state index in [1.54, 1.807) is 23.1 Å². The maximum absolute atomic E-state index is 13.5. The largest absolute Gasteiger partial charge is 0.464 e. The number of halogens is 2. The summed E-state index contributed by atoms with van der Waals surface area (Å²) in [7, 11) is 0. The number of anilines is 1. The SMILES string of the molecule is CCCN(CC(=O)N(Cc1ccc2c(c1)OCO2)Cc1ccc(C)o1)C(=O)Nc1ccc(Cl)cc1Cl. The van der Waals surface area contributed by atoms with Crippen molar-refractivity contribution in [2.75, 3.05) is 25.2 Å². The minimum Gasteiger partial charge on any atom is -0.464 e. The highest BCUT2D eigenvalue weighted by Gasteiger charge is 2.24. The zero-order valence-electron chi connectivity index (χ0n) is 20.1. The number of hydrogen-bond donors (Lipinski definition) is 1. The van der Waals surface area contributed by atoms with Crippen molar-refractivity contribution in [2.24, 2.45) is 0 Å². The highest BCUT2D eigenvalue weighted by molar-refractivity contribution is 6.36. The maximum Gasteiger partial charge on any atom is 0.322 e. The molecule has 0 radical (unpaired) electrons. The van der Waals surface area contributed by atoms with E-state index in [2.05, 4.69) is 5.32 Å². The van der Waals surface area contributed by atoms with Crippen molar-refractivity contribution >= 4 is 40.8 Å². The molecule has 8 nitrogen and oxygen atoms in total. The number of furan rings is 1. The van der Waals surface area contributed by atoms with Gasteiger partial charge in [0.1, 0.15) is 18.1 Å². The zero-order chi connectivity index (χ0) is 25.7. The number of aryl methyl sites for hydroxylation is 1. The van der Waals surface area contributed by atoms with Gasteiger partial charge >= 0.3 is 6.03 Å². The van der Waals surface area contributed by atoms with Crippen molar-refractivity contribution in [3.8, 4) is 11.5 Å². The lowest BCUT2D eigenvalue weighted by atomic mass is 10.2.